The second-order valence-electron chi connectivity index (χ2n) is 6.10. The van der Waals surface area contributed by atoms with Gasteiger partial charge >= 0.3 is 0 Å². The second kappa shape index (κ2) is 9.39. The predicted octanol–water partition coefficient (Wildman–Crippen LogP) is 1.88. The third-order valence-corrected chi connectivity index (χ3v) is 4.09. The number of amides is 2. The Morgan fingerprint density at radius 1 is 1.29 bits per heavy atom. The highest BCUT2D eigenvalue weighted by Gasteiger charge is 2.14. The first-order valence-corrected chi connectivity index (χ1v) is 8.59. The van der Waals surface area contributed by atoms with Gasteiger partial charge in [0.2, 0.25) is 5.91 Å². The number of nitrogens with one attached hydrogen (secondary N) is 2. The molecule has 6 nitrogen and oxygen atoms in total. The van der Waals surface area contributed by atoms with E-state index in [0.29, 0.717) is 17.7 Å². The highest BCUT2D eigenvalue weighted by atomic mass is 16.5. The molecule has 1 aromatic rings. The molecule has 2 amide bonds. The molecule has 0 aliphatic carbocycles. The van der Waals surface area contributed by atoms with Crippen molar-refractivity contribution in [1.29, 1.82) is 0 Å². The Morgan fingerprint density at radius 3 is 2.75 bits per heavy atom. The lowest BCUT2D eigenvalue weighted by molar-refractivity contribution is -0.115. The van der Waals surface area contributed by atoms with Gasteiger partial charge in [-0.25, -0.2) is 0 Å². The summed E-state index contributed by atoms with van der Waals surface area (Å²) in [5.74, 6) is -0.177. The minimum absolute atomic E-state index is 0.0635. The zero-order chi connectivity index (χ0) is 17.4. The molecule has 1 fully saturated rings. The average Bonchev–Trinajstić information content (AvgIpc) is 2.61. The number of rotatable bonds is 7. The molecule has 1 aliphatic rings. The SMILES string of the molecule is CCC(=O)Nc1cccc(C(=O)N[C@H](C)CCN2CCOCC2)c1. The molecule has 0 spiro atoms. The number of morpholine rings is 1. The van der Waals surface area contributed by atoms with Crippen molar-refractivity contribution in [1.82, 2.24) is 10.2 Å². The van der Waals surface area contributed by atoms with Crippen LogP contribution in [0.5, 0.6) is 0 Å². The second-order valence-corrected chi connectivity index (χ2v) is 6.10. The molecular weight excluding hydrogens is 306 g/mol. The van der Waals surface area contributed by atoms with E-state index in [1.165, 1.54) is 0 Å². The molecule has 1 aliphatic heterocycles. The lowest BCUT2D eigenvalue weighted by Gasteiger charge is -2.27. The number of carbonyl (C=O) groups is 2. The van der Waals surface area contributed by atoms with Crippen molar-refractivity contribution in [2.24, 2.45) is 0 Å². The van der Waals surface area contributed by atoms with Gasteiger partial charge in [0.1, 0.15) is 0 Å². The molecule has 1 atom stereocenters. The van der Waals surface area contributed by atoms with E-state index in [1.54, 1.807) is 31.2 Å². The summed E-state index contributed by atoms with van der Waals surface area (Å²) in [4.78, 5) is 26.2. The summed E-state index contributed by atoms with van der Waals surface area (Å²) >= 11 is 0. The van der Waals surface area contributed by atoms with Gasteiger partial charge in [0.05, 0.1) is 13.2 Å². The van der Waals surface area contributed by atoms with Gasteiger partial charge in [-0.3, -0.25) is 14.5 Å². The normalized spacial score (nSPS) is 16.4. The van der Waals surface area contributed by atoms with Crippen LogP contribution in [0.4, 0.5) is 5.69 Å². The van der Waals surface area contributed by atoms with E-state index in [9.17, 15) is 9.59 Å². The van der Waals surface area contributed by atoms with Crippen molar-refractivity contribution >= 4 is 17.5 Å². The molecule has 0 aromatic heterocycles. The molecule has 1 heterocycles. The summed E-state index contributed by atoms with van der Waals surface area (Å²) in [5, 5.41) is 5.79. The predicted molar refractivity (Wildman–Crippen MR) is 94.2 cm³/mol. The Bertz CT molecular complexity index is 556. The van der Waals surface area contributed by atoms with Crippen LogP contribution in [0.2, 0.25) is 0 Å². The molecule has 1 aromatic carbocycles. The topological polar surface area (TPSA) is 70.7 Å². The van der Waals surface area contributed by atoms with E-state index in [2.05, 4.69) is 15.5 Å². The summed E-state index contributed by atoms with van der Waals surface area (Å²) in [6, 6.07) is 7.11. The summed E-state index contributed by atoms with van der Waals surface area (Å²) in [7, 11) is 0. The van der Waals surface area contributed by atoms with Gasteiger partial charge in [-0.2, -0.15) is 0 Å². The molecule has 0 saturated carbocycles. The van der Waals surface area contributed by atoms with Gasteiger partial charge in [0.15, 0.2) is 0 Å². The van der Waals surface area contributed by atoms with E-state index in [0.717, 1.165) is 39.3 Å². The van der Waals surface area contributed by atoms with Crippen LogP contribution in [0.25, 0.3) is 0 Å². The van der Waals surface area contributed by atoms with Gasteiger partial charge in [0, 0.05) is 43.3 Å². The van der Waals surface area contributed by atoms with Crippen LogP contribution < -0.4 is 10.6 Å². The minimum Gasteiger partial charge on any atom is -0.379 e. The van der Waals surface area contributed by atoms with Gasteiger partial charge in [-0.05, 0) is 31.5 Å². The van der Waals surface area contributed by atoms with Gasteiger partial charge in [-0.15, -0.1) is 0 Å². The Balaban J connectivity index is 1.82. The maximum atomic E-state index is 12.4. The number of carbonyl (C=O) groups excluding carboxylic acids is 2. The number of benzene rings is 1. The van der Waals surface area contributed by atoms with Gasteiger partial charge in [-0.1, -0.05) is 13.0 Å². The fraction of sp³-hybridized carbons (Fsp3) is 0.556. The van der Waals surface area contributed by atoms with Crippen molar-refractivity contribution < 1.29 is 14.3 Å². The van der Waals surface area contributed by atoms with Crippen molar-refractivity contribution in [3.05, 3.63) is 29.8 Å². The Kier molecular flexibility index (Phi) is 7.21. The molecule has 0 radical (unpaired) electrons. The first kappa shape index (κ1) is 18.4. The zero-order valence-electron chi connectivity index (χ0n) is 14.5. The van der Waals surface area contributed by atoms with Crippen molar-refractivity contribution in [2.45, 2.75) is 32.7 Å². The lowest BCUT2D eigenvalue weighted by atomic mass is 10.1. The number of hydrogen-bond donors (Lipinski definition) is 2. The number of ether oxygens (including phenoxy) is 1. The first-order valence-electron chi connectivity index (χ1n) is 8.59. The maximum absolute atomic E-state index is 12.4. The van der Waals surface area contributed by atoms with E-state index in [4.69, 9.17) is 4.74 Å². The molecule has 6 heteroatoms. The van der Waals surface area contributed by atoms with E-state index in [1.807, 2.05) is 6.92 Å². The molecule has 2 N–H and O–H groups in total. The van der Waals surface area contributed by atoms with E-state index < -0.39 is 0 Å². The number of anilines is 1. The average molecular weight is 333 g/mol. The molecule has 24 heavy (non-hydrogen) atoms. The molecule has 2 rings (SSSR count). The fourth-order valence-corrected chi connectivity index (χ4v) is 2.57. The van der Waals surface area contributed by atoms with Crippen LogP contribution in [0.3, 0.4) is 0 Å². The smallest absolute Gasteiger partial charge is 0.251 e. The minimum atomic E-state index is -0.114. The standard InChI is InChI=1S/C18H27N3O3/c1-3-17(22)20-16-6-4-5-15(13-16)18(23)19-14(2)7-8-21-9-11-24-12-10-21/h4-6,13-14H,3,7-12H2,1-2H3,(H,19,23)(H,20,22)/t14-/m1/s1. The summed E-state index contributed by atoms with van der Waals surface area (Å²) < 4.78 is 5.33. The summed E-state index contributed by atoms with van der Waals surface area (Å²) in [6.07, 6.45) is 1.31. The Hall–Kier alpha value is -1.92. The van der Waals surface area contributed by atoms with Crippen molar-refractivity contribution in [2.75, 3.05) is 38.2 Å². The summed E-state index contributed by atoms with van der Waals surface area (Å²) in [5.41, 5.74) is 1.21. The monoisotopic (exact) mass is 333 g/mol. The van der Waals surface area contributed by atoms with Crippen molar-refractivity contribution in [3.8, 4) is 0 Å². The van der Waals surface area contributed by atoms with Crippen LogP contribution >= 0.6 is 0 Å². The van der Waals surface area contributed by atoms with Crippen LogP contribution in [0.1, 0.15) is 37.0 Å². The molecule has 0 unspecified atom stereocenters. The highest BCUT2D eigenvalue weighted by Crippen LogP contribution is 2.11. The van der Waals surface area contributed by atoms with E-state index in [-0.39, 0.29) is 17.9 Å². The third kappa shape index (κ3) is 5.94. The number of hydrogen-bond acceptors (Lipinski definition) is 4. The fourth-order valence-electron chi connectivity index (χ4n) is 2.57. The quantitative estimate of drug-likeness (QED) is 0.799. The van der Waals surface area contributed by atoms with Gasteiger partial charge in [0.25, 0.3) is 5.91 Å². The van der Waals surface area contributed by atoms with Crippen LogP contribution in [0.15, 0.2) is 24.3 Å². The Morgan fingerprint density at radius 2 is 2.04 bits per heavy atom. The van der Waals surface area contributed by atoms with E-state index >= 15 is 0 Å². The molecular formula is C18H27N3O3. The van der Waals surface area contributed by atoms with Crippen molar-refractivity contribution in [3.63, 3.8) is 0 Å². The lowest BCUT2D eigenvalue weighted by Crippen LogP contribution is -2.40. The van der Waals surface area contributed by atoms with Gasteiger partial charge < -0.3 is 15.4 Å². The molecule has 1 saturated heterocycles. The number of nitrogens with zero attached hydrogens (tertiary/aromatic N) is 1. The third-order valence-electron chi connectivity index (χ3n) is 4.09. The van der Waals surface area contributed by atoms with Crippen LogP contribution in [-0.4, -0.2) is 55.6 Å². The largest absolute Gasteiger partial charge is 0.379 e. The molecule has 132 valence electrons. The van der Waals surface area contributed by atoms with Crippen LogP contribution in [-0.2, 0) is 9.53 Å². The Labute approximate surface area is 143 Å². The first-order chi connectivity index (χ1) is 11.6. The highest BCUT2D eigenvalue weighted by molar-refractivity contribution is 5.97. The maximum Gasteiger partial charge on any atom is 0.251 e. The zero-order valence-corrected chi connectivity index (χ0v) is 14.5. The van der Waals surface area contributed by atoms with Crippen LogP contribution in [0, 0.1) is 0 Å². The molecule has 0 bridgehead atoms. The summed E-state index contributed by atoms with van der Waals surface area (Å²) in [6.45, 7) is 8.26.